The van der Waals surface area contributed by atoms with Crippen LogP contribution in [0.4, 0.5) is 17.6 Å². The standard InChI is InChI=1S/C14H8F4O/c15-12-4-1-9(2-5-12)13-6-3-11(14(16,17)18)7-10(13)8-19/h1-8H. The Morgan fingerprint density at radius 2 is 1.58 bits per heavy atom. The molecule has 0 atom stereocenters. The Kier molecular flexibility index (Phi) is 3.38. The summed E-state index contributed by atoms with van der Waals surface area (Å²) in [5.41, 5.74) is -0.151. The fraction of sp³-hybridized carbons (Fsp3) is 0.0714. The van der Waals surface area contributed by atoms with Gasteiger partial charge >= 0.3 is 6.18 Å². The average molecular weight is 268 g/mol. The maximum atomic E-state index is 12.8. The summed E-state index contributed by atoms with van der Waals surface area (Å²) >= 11 is 0. The van der Waals surface area contributed by atoms with Crippen LogP contribution in [0.25, 0.3) is 11.1 Å². The maximum absolute atomic E-state index is 12.8. The Morgan fingerprint density at radius 3 is 2.11 bits per heavy atom. The minimum absolute atomic E-state index is 0.0820. The van der Waals surface area contributed by atoms with E-state index in [0.717, 1.165) is 12.1 Å². The molecule has 0 radical (unpaired) electrons. The van der Waals surface area contributed by atoms with Gasteiger partial charge in [0.05, 0.1) is 5.56 Å². The second kappa shape index (κ2) is 4.84. The number of hydrogen-bond donors (Lipinski definition) is 0. The van der Waals surface area contributed by atoms with Crippen molar-refractivity contribution in [2.45, 2.75) is 6.18 Å². The monoisotopic (exact) mass is 268 g/mol. The lowest BCUT2D eigenvalue weighted by atomic mass is 9.98. The lowest BCUT2D eigenvalue weighted by molar-refractivity contribution is -0.137. The molecule has 0 aliphatic rings. The highest BCUT2D eigenvalue weighted by Gasteiger charge is 2.31. The zero-order valence-corrected chi connectivity index (χ0v) is 9.54. The number of carbonyl (C=O) groups excluding carboxylic acids is 1. The van der Waals surface area contributed by atoms with Crippen LogP contribution in [-0.2, 0) is 6.18 Å². The van der Waals surface area contributed by atoms with Crippen LogP contribution in [0.15, 0.2) is 42.5 Å². The third kappa shape index (κ3) is 2.81. The van der Waals surface area contributed by atoms with Crippen LogP contribution in [0.5, 0.6) is 0 Å². The van der Waals surface area contributed by atoms with Gasteiger partial charge in [-0.3, -0.25) is 4.79 Å². The van der Waals surface area contributed by atoms with Crippen LogP contribution in [0.3, 0.4) is 0 Å². The zero-order valence-electron chi connectivity index (χ0n) is 9.54. The van der Waals surface area contributed by atoms with Gasteiger partial charge in [-0.1, -0.05) is 18.2 Å². The molecule has 2 aromatic rings. The number of benzene rings is 2. The molecular formula is C14H8F4O. The third-order valence-electron chi connectivity index (χ3n) is 2.66. The van der Waals surface area contributed by atoms with Crippen molar-refractivity contribution >= 4 is 6.29 Å². The molecule has 0 aromatic heterocycles. The summed E-state index contributed by atoms with van der Waals surface area (Å²) in [6, 6.07) is 8.07. The van der Waals surface area contributed by atoms with E-state index in [1.807, 2.05) is 0 Å². The minimum atomic E-state index is -4.50. The van der Waals surface area contributed by atoms with Gasteiger partial charge in [0.2, 0.25) is 0 Å². The summed E-state index contributed by atoms with van der Waals surface area (Å²) in [6.45, 7) is 0. The Morgan fingerprint density at radius 1 is 0.947 bits per heavy atom. The van der Waals surface area contributed by atoms with E-state index in [1.54, 1.807) is 0 Å². The van der Waals surface area contributed by atoms with Crippen molar-refractivity contribution in [1.29, 1.82) is 0 Å². The van der Waals surface area contributed by atoms with Gasteiger partial charge in [-0.15, -0.1) is 0 Å². The summed E-state index contributed by atoms with van der Waals surface area (Å²) in [6.07, 6.45) is -4.15. The number of hydrogen-bond acceptors (Lipinski definition) is 1. The van der Waals surface area contributed by atoms with Crippen molar-refractivity contribution in [3.8, 4) is 11.1 Å². The highest BCUT2D eigenvalue weighted by atomic mass is 19.4. The van der Waals surface area contributed by atoms with Gasteiger partial charge in [-0.05, 0) is 35.4 Å². The predicted molar refractivity (Wildman–Crippen MR) is 62.2 cm³/mol. The molecule has 0 bridgehead atoms. The zero-order chi connectivity index (χ0) is 14.0. The second-order valence-electron chi connectivity index (χ2n) is 3.92. The molecule has 0 N–H and O–H groups in total. The summed E-state index contributed by atoms with van der Waals surface area (Å²) in [5, 5.41) is 0. The molecule has 0 spiro atoms. The molecule has 0 fully saturated rings. The van der Waals surface area contributed by atoms with E-state index in [9.17, 15) is 22.4 Å². The normalized spacial score (nSPS) is 11.4. The molecule has 1 nitrogen and oxygen atoms in total. The van der Waals surface area contributed by atoms with Crippen molar-refractivity contribution in [3.05, 3.63) is 59.4 Å². The van der Waals surface area contributed by atoms with Crippen molar-refractivity contribution in [3.63, 3.8) is 0 Å². The average Bonchev–Trinajstić information content (AvgIpc) is 2.38. The van der Waals surface area contributed by atoms with E-state index in [1.165, 1.54) is 30.3 Å². The first-order valence-electron chi connectivity index (χ1n) is 5.34. The largest absolute Gasteiger partial charge is 0.416 e. The van der Waals surface area contributed by atoms with Gasteiger partial charge in [-0.2, -0.15) is 13.2 Å². The molecule has 98 valence electrons. The van der Waals surface area contributed by atoms with E-state index in [4.69, 9.17) is 0 Å². The van der Waals surface area contributed by atoms with Crippen LogP contribution in [0.2, 0.25) is 0 Å². The van der Waals surface area contributed by atoms with Gasteiger partial charge in [0.25, 0.3) is 0 Å². The molecule has 2 aromatic carbocycles. The fourth-order valence-corrected chi connectivity index (χ4v) is 1.73. The SMILES string of the molecule is O=Cc1cc(C(F)(F)F)ccc1-c1ccc(F)cc1. The van der Waals surface area contributed by atoms with Crippen molar-refractivity contribution in [1.82, 2.24) is 0 Å². The fourth-order valence-electron chi connectivity index (χ4n) is 1.73. The van der Waals surface area contributed by atoms with Crippen LogP contribution in [0.1, 0.15) is 15.9 Å². The van der Waals surface area contributed by atoms with E-state index >= 15 is 0 Å². The van der Waals surface area contributed by atoms with Crippen molar-refractivity contribution < 1.29 is 22.4 Å². The molecule has 0 aliphatic carbocycles. The molecule has 0 amide bonds. The second-order valence-corrected chi connectivity index (χ2v) is 3.92. The number of carbonyl (C=O) groups is 1. The quantitative estimate of drug-likeness (QED) is 0.585. The first-order chi connectivity index (χ1) is 8.91. The lowest BCUT2D eigenvalue weighted by Crippen LogP contribution is -2.05. The summed E-state index contributed by atoms with van der Waals surface area (Å²) in [5.74, 6) is -0.455. The molecule has 19 heavy (non-hydrogen) atoms. The summed E-state index contributed by atoms with van der Waals surface area (Å²) in [7, 11) is 0. The van der Waals surface area contributed by atoms with Gasteiger partial charge < -0.3 is 0 Å². The molecule has 5 heteroatoms. The van der Waals surface area contributed by atoms with Gasteiger partial charge in [0.1, 0.15) is 5.82 Å². The van der Waals surface area contributed by atoms with Crippen LogP contribution >= 0.6 is 0 Å². The van der Waals surface area contributed by atoms with E-state index in [-0.39, 0.29) is 5.56 Å². The topological polar surface area (TPSA) is 17.1 Å². The van der Waals surface area contributed by atoms with Gasteiger partial charge in [0, 0.05) is 5.56 Å². The molecule has 0 heterocycles. The highest BCUT2D eigenvalue weighted by molar-refractivity contribution is 5.87. The Balaban J connectivity index is 2.53. The lowest BCUT2D eigenvalue weighted by Gasteiger charge is -2.10. The van der Waals surface area contributed by atoms with Gasteiger partial charge in [0.15, 0.2) is 6.29 Å². The summed E-state index contributed by atoms with van der Waals surface area (Å²) < 4.78 is 50.4. The van der Waals surface area contributed by atoms with Crippen LogP contribution < -0.4 is 0 Å². The van der Waals surface area contributed by atoms with Crippen molar-refractivity contribution in [2.24, 2.45) is 0 Å². The molecule has 0 saturated carbocycles. The first-order valence-corrected chi connectivity index (χ1v) is 5.34. The minimum Gasteiger partial charge on any atom is -0.298 e. The Bertz CT molecular complexity index is 600. The number of rotatable bonds is 2. The summed E-state index contributed by atoms with van der Waals surface area (Å²) in [4.78, 5) is 10.9. The van der Waals surface area contributed by atoms with Crippen molar-refractivity contribution in [2.75, 3.05) is 0 Å². The third-order valence-corrected chi connectivity index (χ3v) is 2.66. The van der Waals surface area contributed by atoms with Crippen LogP contribution in [0, 0.1) is 5.82 Å². The van der Waals surface area contributed by atoms with E-state index < -0.39 is 17.6 Å². The smallest absolute Gasteiger partial charge is 0.298 e. The van der Waals surface area contributed by atoms with Crippen LogP contribution in [-0.4, -0.2) is 6.29 Å². The number of aldehydes is 1. The van der Waals surface area contributed by atoms with E-state index in [2.05, 4.69) is 0 Å². The number of alkyl halides is 3. The van der Waals surface area contributed by atoms with Gasteiger partial charge in [-0.25, -0.2) is 4.39 Å². The highest BCUT2D eigenvalue weighted by Crippen LogP contribution is 2.32. The van der Waals surface area contributed by atoms with E-state index in [0.29, 0.717) is 17.4 Å². The molecule has 0 aliphatic heterocycles. The molecule has 0 saturated heterocycles. The Labute approximate surface area is 106 Å². The molecule has 0 unspecified atom stereocenters. The first kappa shape index (κ1) is 13.3. The maximum Gasteiger partial charge on any atom is 0.416 e. The molecule has 2 rings (SSSR count). The Hall–Kier alpha value is -2.17. The number of halogens is 4. The predicted octanol–water partition coefficient (Wildman–Crippen LogP) is 4.32. The molecular weight excluding hydrogens is 260 g/mol.